The molecule has 0 fully saturated rings. The van der Waals surface area contributed by atoms with E-state index < -0.39 is 0 Å². The second kappa shape index (κ2) is 7.59. The van der Waals surface area contributed by atoms with Crippen molar-refractivity contribution in [2.24, 2.45) is 7.05 Å². The molecule has 3 aromatic rings. The monoisotopic (exact) mass is 358 g/mol. The number of nitrogens with zero attached hydrogens (tertiary/aromatic N) is 4. The van der Waals surface area contributed by atoms with Gasteiger partial charge in [-0.3, -0.25) is 9.78 Å². The van der Waals surface area contributed by atoms with Crippen LogP contribution in [0.25, 0.3) is 11.4 Å². The van der Waals surface area contributed by atoms with Gasteiger partial charge in [-0.25, -0.2) is 0 Å². The van der Waals surface area contributed by atoms with Crippen molar-refractivity contribution in [3.05, 3.63) is 59.4 Å². The van der Waals surface area contributed by atoms with Crippen LogP contribution >= 0.6 is 23.4 Å². The lowest BCUT2D eigenvalue weighted by Gasteiger charge is -2.04. The summed E-state index contributed by atoms with van der Waals surface area (Å²) in [5, 5.41) is 9.72. The van der Waals surface area contributed by atoms with Crippen molar-refractivity contribution < 1.29 is 4.79 Å². The predicted octanol–water partition coefficient (Wildman–Crippen LogP) is 3.43. The first-order valence-corrected chi connectivity index (χ1v) is 8.68. The van der Waals surface area contributed by atoms with Crippen LogP contribution in [0, 0.1) is 0 Å². The van der Waals surface area contributed by atoms with Crippen LogP contribution in [0.5, 0.6) is 0 Å². The molecule has 0 unspecified atom stereocenters. The van der Waals surface area contributed by atoms with Crippen molar-refractivity contribution in [3.63, 3.8) is 0 Å². The molecule has 0 spiro atoms. The Bertz CT molecular complexity index is 834. The molecule has 0 N–H and O–H groups in total. The van der Waals surface area contributed by atoms with E-state index in [2.05, 4.69) is 15.2 Å². The number of aromatic nitrogens is 4. The Morgan fingerprint density at radius 2 is 2.00 bits per heavy atom. The zero-order valence-electron chi connectivity index (χ0n) is 13.0. The lowest BCUT2D eigenvalue weighted by molar-refractivity contribution is -0.116. The third-order valence-corrected chi connectivity index (χ3v) is 4.76. The average molecular weight is 359 g/mol. The van der Waals surface area contributed by atoms with Crippen LogP contribution in [0.3, 0.4) is 0 Å². The summed E-state index contributed by atoms with van der Waals surface area (Å²) in [5.74, 6) is 1.21. The molecule has 0 saturated carbocycles. The molecule has 0 atom stereocenters. The molecule has 24 heavy (non-hydrogen) atoms. The van der Waals surface area contributed by atoms with Gasteiger partial charge in [-0.05, 0) is 29.8 Å². The predicted molar refractivity (Wildman–Crippen MR) is 95.1 cm³/mol. The van der Waals surface area contributed by atoms with Gasteiger partial charge in [0.1, 0.15) is 5.78 Å². The molecule has 1 aromatic carbocycles. The van der Waals surface area contributed by atoms with Crippen molar-refractivity contribution in [3.8, 4) is 11.4 Å². The first-order chi connectivity index (χ1) is 11.6. The Labute approximate surface area is 149 Å². The Morgan fingerprint density at radius 1 is 1.21 bits per heavy atom. The molecule has 0 aliphatic carbocycles. The molecule has 2 aromatic heterocycles. The number of carbonyl (C=O) groups is 1. The van der Waals surface area contributed by atoms with Crippen molar-refractivity contribution in [2.45, 2.75) is 11.6 Å². The Kier molecular flexibility index (Phi) is 5.27. The molecule has 0 bridgehead atoms. The lowest BCUT2D eigenvalue weighted by Crippen LogP contribution is -2.06. The number of carbonyl (C=O) groups excluding carboxylic acids is 1. The fourth-order valence-electron chi connectivity index (χ4n) is 2.21. The van der Waals surface area contributed by atoms with E-state index in [1.165, 1.54) is 11.8 Å². The van der Waals surface area contributed by atoms with Gasteiger partial charge in [0.05, 0.1) is 5.75 Å². The van der Waals surface area contributed by atoms with Crippen LogP contribution in [0.4, 0.5) is 0 Å². The average Bonchev–Trinajstić information content (AvgIpc) is 2.97. The summed E-state index contributed by atoms with van der Waals surface area (Å²) in [6.45, 7) is 0. The highest BCUT2D eigenvalue weighted by Gasteiger charge is 2.13. The van der Waals surface area contributed by atoms with E-state index >= 15 is 0 Å². The zero-order valence-corrected chi connectivity index (χ0v) is 14.6. The van der Waals surface area contributed by atoms with Crippen LogP contribution in [-0.4, -0.2) is 31.3 Å². The smallest absolute Gasteiger partial charge is 0.191 e. The summed E-state index contributed by atoms with van der Waals surface area (Å²) in [5.41, 5.74) is 1.85. The maximum Gasteiger partial charge on any atom is 0.191 e. The number of benzene rings is 1. The quantitative estimate of drug-likeness (QED) is 0.632. The molecule has 122 valence electrons. The van der Waals surface area contributed by atoms with E-state index in [0.29, 0.717) is 22.4 Å². The summed E-state index contributed by atoms with van der Waals surface area (Å²) in [6.07, 6.45) is 3.84. The van der Waals surface area contributed by atoms with Crippen LogP contribution < -0.4 is 0 Å². The van der Waals surface area contributed by atoms with E-state index in [1.807, 2.05) is 35.9 Å². The highest BCUT2D eigenvalue weighted by Crippen LogP contribution is 2.22. The number of pyridine rings is 1. The van der Waals surface area contributed by atoms with Gasteiger partial charge in [0.25, 0.3) is 0 Å². The molecule has 3 rings (SSSR count). The van der Waals surface area contributed by atoms with Gasteiger partial charge in [0.2, 0.25) is 0 Å². The second-order valence-corrected chi connectivity index (χ2v) is 6.62. The summed E-state index contributed by atoms with van der Waals surface area (Å²) in [7, 11) is 1.88. The van der Waals surface area contributed by atoms with Crippen molar-refractivity contribution in [1.82, 2.24) is 19.7 Å². The molecule has 0 amide bonds. The molecule has 0 radical (unpaired) electrons. The number of Topliss-reactive ketones (excluding diaryl/α,β-unsaturated/α-hetero) is 1. The minimum absolute atomic E-state index is 0.133. The normalized spacial score (nSPS) is 10.8. The molecule has 0 aliphatic heterocycles. The van der Waals surface area contributed by atoms with Gasteiger partial charge < -0.3 is 4.57 Å². The number of hydrogen-bond acceptors (Lipinski definition) is 5. The second-order valence-electron chi connectivity index (χ2n) is 5.24. The molecular weight excluding hydrogens is 344 g/mol. The number of ketones is 1. The summed E-state index contributed by atoms with van der Waals surface area (Å²) in [4.78, 5) is 16.2. The largest absolute Gasteiger partial charge is 0.305 e. The van der Waals surface area contributed by atoms with Gasteiger partial charge in [0, 0.05) is 36.4 Å². The first-order valence-electron chi connectivity index (χ1n) is 7.32. The van der Waals surface area contributed by atoms with Gasteiger partial charge >= 0.3 is 0 Å². The van der Waals surface area contributed by atoms with Gasteiger partial charge in [-0.2, -0.15) is 0 Å². The Balaban J connectivity index is 1.62. The molecule has 5 nitrogen and oxygen atoms in total. The van der Waals surface area contributed by atoms with Crippen LogP contribution in [0.2, 0.25) is 5.02 Å². The summed E-state index contributed by atoms with van der Waals surface area (Å²) < 4.78 is 1.87. The maximum absolute atomic E-state index is 12.1. The first kappa shape index (κ1) is 16.7. The molecule has 2 heterocycles. The zero-order chi connectivity index (χ0) is 16.9. The third kappa shape index (κ3) is 4.01. The van der Waals surface area contributed by atoms with E-state index in [1.54, 1.807) is 24.5 Å². The van der Waals surface area contributed by atoms with Crippen molar-refractivity contribution in [1.29, 1.82) is 0 Å². The Morgan fingerprint density at radius 3 is 2.71 bits per heavy atom. The molecule has 7 heteroatoms. The minimum Gasteiger partial charge on any atom is -0.305 e. The number of thioether (sulfide) groups is 1. The molecule has 0 saturated heterocycles. The van der Waals surface area contributed by atoms with Gasteiger partial charge in [-0.15, -0.1) is 10.2 Å². The van der Waals surface area contributed by atoms with Crippen LogP contribution in [0.1, 0.15) is 5.56 Å². The van der Waals surface area contributed by atoms with Gasteiger partial charge in [-0.1, -0.05) is 35.5 Å². The standard InChI is InChI=1S/C17H15ClN4OS/c1-22-16(13-3-2-8-19-10-13)20-21-17(22)24-11-15(23)9-12-4-6-14(18)7-5-12/h2-8,10H,9,11H2,1H3. The van der Waals surface area contributed by atoms with E-state index in [0.717, 1.165) is 17.0 Å². The number of hydrogen-bond donors (Lipinski definition) is 0. The highest BCUT2D eigenvalue weighted by atomic mass is 35.5. The third-order valence-electron chi connectivity index (χ3n) is 3.43. The highest BCUT2D eigenvalue weighted by molar-refractivity contribution is 7.99. The van der Waals surface area contributed by atoms with Crippen molar-refractivity contribution >= 4 is 29.1 Å². The fourth-order valence-corrected chi connectivity index (χ4v) is 3.11. The van der Waals surface area contributed by atoms with E-state index in [4.69, 9.17) is 11.6 Å². The summed E-state index contributed by atoms with van der Waals surface area (Å²) in [6, 6.07) is 11.1. The Hall–Kier alpha value is -2.18. The maximum atomic E-state index is 12.1. The van der Waals surface area contributed by atoms with Gasteiger partial charge in [0.15, 0.2) is 11.0 Å². The lowest BCUT2D eigenvalue weighted by atomic mass is 10.1. The fraction of sp³-hybridized carbons (Fsp3) is 0.176. The van der Waals surface area contributed by atoms with Crippen LogP contribution in [0.15, 0.2) is 53.9 Å². The number of halogens is 1. The molecule has 0 aliphatic rings. The molecular formula is C17H15ClN4OS. The SMILES string of the molecule is Cn1c(SCC(=O)Cc2ccc(Cl)cc2)nnc1-c1cccnc1. The number of rotatable bonds is 6. The van der Waals surface area contributed by atoms with E-state index in [-0.39, 0.29) is 5.78 Å². The minimum atomic E-state index is 0.133. The topological polar surface area (TPSA) is 60.7 Å². The summed E-state index contributed by atoms with van der Waals surface area (Å²) >= 11 is 7.23. The van der Waals surface area contributed by atoms with Crippen molar-refractivity contribution in [2.75, 3.05) is 5.75 Å². The van der Waals surface area contributed by atoms with E-state index in [9.17, 15) is 4.79 Å². The van der Waals surface area contributed by atoms with Crippen LogP contribution in [-0.2, 0) is 18.3 Å².